The van der Waals surface area contributed by atoms with Crippen molar-refractivity contribution in [2.45, 2.75) is 23.9 Å². The van der Waals surface area contributed by atoms with Crippen LogP contribution in [0.2, 0.25) is 0 Å². The van der Waals surface area contributed by atoms with Crippen LogP contribution in [-0.4, -0.2) is 33.4 Å². The highest BCUT2D eigenvalue weighted by Gasteiger charge is 2.20. The Bertz CT molecular complexity index is 1230. The van der Waals surface area contributed by atoms with Crippen molar-refractivity contribution in [3.63, 3.8) is 0 Å². The van der Waals surface area contributed by atoms with E-state index in [0.29, 0.717) is 40.9 Å². The summed E-state index contributed by atoms with van der Waals surface area (Å²) in [6.07, 6.45) is 0. The highest BCUT2D eigenvalue weighted by Crippen LogP contribution is 2.34. The molecule has 2 aromatic heterocycles. The fourth-order valence-corrected chi connectivity index (χ4v) is 4.28. The molecule has 0 saturated heterocycles. The van der Waals surface area contributed by atoms with Crippen LogP contribution in [0.25, 0.3) is 22.3 Å². The Hall–Kier alpha value is -2.49. The topological polar surface area (TPSA) is 83.0 Å². The molecule has 1 unspecified atom stereocenters. The zero-order valence-corrected chi connectivity index (χ0v) is 18.8. The monoisotopic (exact) mass is 486 g/mol. The maximum atomic E-state index is 13.1. The Labute approximate surface area is 185 Å². The molecule has 0 N–H and O–H groups in total. The lowest BCUT2D eigenvalue weighted by atomic mass is 10.2. The van der Waals surface area contributed by atoms with Crippen LogP contribution >= 0.6 is 27.7 Å². The Balaban J connectivity index is 1.68. The number of hydrogen-bond donors (Lipinski definition) is 0. The van der Waals surface area contributed by atoms with Crippen LogP contribution in [-0.2, 0) is 11.3 Å². The second-order valence-electron chi connectivity index (χ2n) is 6.59. The summed E-state index contributed by atoms with van der Waals surface area (Å²) in [4.78, 5) is 22.3. The van der Waals surface area contributed by atoms with Gasteiger partial charge in [0, 0.05) is 17.1 Å². The van der Waals surface area contributed by atoms with Crippen LogP contribution in [0.15, 0.2) is 67.5 Å². The smallest absolute Gasteiger partial charge is 0.262 e. The summed E-state index contributed by atoms with van der Waals surface area (Å²) in [6.45, 7) is 2.76. The Morgan fingerprint density at radius 2 is 2.00 bits per heavy atom. The number of aromatic nitrogens is 4. The van der Waals surface area contributed by atoms with Crippen molar-refractivity contribution in [2.24, 2.45) is 0 Å². The lowest BCUT2D eigenvalue weighted by Gasteiger charge is -2.14. The fraction of sp³-hybridized carbons (Fsp3) is 0.238. The van der Waals surface area contributed by atoms with Gasteiger partial charge in [0.15, 0.2) is 5.16 Å². The number of nitrogens with zero attached hydrogens (tertiary/aromatic N) is 4. The standard InChI is InChI=1S/C21H19BrN4O3S/c1-13(19-24-18(25-29-19)14-6-4-3-5-7-14)30-21-23-17-9-8-15(22)12-16(17)20(27)26(21)10-11-28-2/h3-9,12-13H,10-11H2,1-2H3. The van der Waals surface area contributed by atoms with Crippen LogP contribution < -0.4 is 5.56 Å². The average Bonchev–Trinajstić information content (AvgIpc) is 3.25. The number of fused-ring (bicyclic) bond motifs is 1. The van der Waals surface area contributed by atoms with Gasteiger partial charge < -0.3 is 9.26 Å². The van der Waals surface area contributed by atoms with Gasteiger partial charge in [-0.25, -0.2) is 4.98 Å². The Morgan fingerprint density at radius 3 is 2.77 bits per heavy atom. The average molecular weight is 487 g/mol. The van der Waals surface area contributed by atoms with E-state index in [1.807, 2.05) is 49.4 Å². The van der Waals surface area contributed by atoms with E-state index >= 15 is 0 Å². The molecule has 2 heterocycles. The van der Waals surface area contributed by atoms with E-state index in [0.717, 1.165) is 10.0 Å². The molecule has 0 spiro atoms. The second kappa shape index (κ2) is 9.11. The maximum absolute atomic E-state index is 13.1. The predicted octanol–water partition coefficient (Wildman–Crippen LogP) is 4.71. The third-order valence-corrected chi connectivity index (χ3v) is 6.07. The van der Waals surface area contributed by atoms with Gasteiger partial charge in [-0.05, 0) is 25.1 Å². The van der Waals surface area contributed by atoms with E-state index in [4.69, 9.17) is 14.2 Å². The van der Waals surface area contributed by atoms with E-state index in [1.54, 1.807) is 17.7 Å². The molecule has 9 heteroatoms. The molecule has 0 fully saturated rings. The largest absolute Gasteiger partial charge is 0.383 e. The number of benzene rings is 2. The molecule has 2 aromatic carbocycles. The third-order valence-electron chi connectivity index (χ3n) is 4.50. The van der Waals surface area contributed by atoms with Crippen LogP contribution in [0, 0.1) is 0 Å². The summed E-state index contributed by atoms with van der Waals surface area (Å²) < 4.78 is 13.1. The molecule has 0 amide bonds. The number of rotatable bonds is 7. The molecule has 1 atom stereocenters. The third kappa shape index (κ3) is 4.33. The quantitative estimate of drug-likeness (QED) is 0.276. The first kappa shape index (κ1) is 20.8. The zero-order chi connectivity index (χ0) is 21.1. The first-order chi connectivity index (χ1) is 14.6. The predicted molar refractivity (Wildman–Crippen MR) is 120 cm³/mol. The van der Waals surface area contributed by atoms with Gasteiger partial charge >= 0.3 is 0 Å². The van der Waals surface area contributed by atoms with E-state index in [9.17, 15) is 4.79 Å². The lowest BCUT2D eigenvalue weighted by molar-refractivity contribution is 0.183. The summed E-state index contributed by atoms with van der Waals surface area (Å²) in [5.74, 6) is 1.01. The second-order valence-corrected chi connectivity index (χ2v) is 8.81. The summed E-state index contributed by atoms with van der Waals surface area (Å²) in [5, 5.41) is 5.03. The van der Waals surface area contributed by atoms with Gasteiger partial charge in [-0.3, -0.25) is 9.36 Å². The van der Waals surface area contributed by atoms with Crippen LogP contribution in [0.4, 0.5) is 0 Å². The van der Waals surface area contributed by atoms with Crippen molar-refractivity contribution >= 4 is 38.6 Å². The summed E-state index contributed by atoms with van der Waals surface area (Å²) in [6, 6.07) is 15.1. The molecule has 154 valence electrons. The van der Waals surface area contributed by atoms with Crippen molar-refractivity contribution in [3.8, 4) is 11.4 Å². The van der Waals surface area contributed by atoms with Crippen molar-refractivity contribution in [1.29, 1.82) is 0 Å². The molecule has 0 aliphatic rings. The first-order valence-electron chi connectivity index (χ1n) is 9.31. The van der Waals surface area contributed by atoms with E-state index < -0.39 is 0 Å². The molecule has 7 nitrogen and oxygen atoms in total. The Morgan fingerprint density at radius 1 is 1.20 bits per heavy atom. The lowest BCUT2D eigenvalue weighted by Crippen LogP contribution is -2.25. The van der Waals surface area contributed by atoms with E-state index in [1.165, 1.54) is 11.8 Å². The highest BCUT2D eigenvalue weighted by molar-refractivity contribution is 9.10. The van der Waals surface area contributed by atoms with Crippen molar-refractivity contribution < 1.29 is 9.26 Å². The van der Waals surface area contributed by atoms with Crippen molar-refractivity contribution in [2.75, 3.05) is 13.7 Å². The number of halogens is 1. The SMILES string of the molecule is COCCn1c(SC(C)c2nc(-c3ccccc3)no2)nc2ccc(Br)cc2c1=O. The van der Waals surface area contributed by atoms with Gasteiger partial charge in [0.1, 0.15) is 0 Å². The number of thioether (sulfide) groups is 1. The normalized spacial score (nSPS) is 12.4. The summed E-state index contributed by atoms with van der Waals surface area (Å²) >= 11 is 4.83. The summed E-state index contributed by atoms with van der Waals surface area (Å²) in [5.41, 5.74) is 1.42. The number of ether oxygens (including phenoxy) is 1. The van der Waals surface area contributed by atoms with Crippen molar-refractivity contribution in [3.05, 3.63) is 69.2 Å². The minimum Gasteiger partial charge on any atom is -0.383 e. The summed E-state index contributed by atoms with van der Waals surface area (Å²) in [7, 11) is 1.61. The molecule has 4 aromatic rings. The minimum atomic E-state index is -0.191. The molecule has 4 rings (SSSR count). The molecule has 0 aliphatic heterocycles. The van der Waals surface area contributed by atoms with E-state index in [-0.39, 0.29) is 10.8 Å². The molecule has 0 saturated carbocycles. The molecular weight excluding hydrogens is 468 g/mol. The molecule has 0 radical (unpaired) electrons. The maximum Gasteiger partial charge on any atom is 0.262 e. The zero-order valence-electron chi connectivity index (χ0n) is 16.4. The number of hydrogen-bond acceptors (Lipinski definition) is 7. The van der Waals surface area contributed by atoms with Gasteiger partial charge in [-0.1, -0.05) is 63.2 Å². The highest BCUT2D eigenvalue weighted by atomic mass is 79.9. The molecule has 0 aliphatic carbocycles. The van der Waals surface area contributed by atoms with Crippen molar-refractivity contribution in [1.82, 2.24) is 19.7 Å². The number of methoxy groups -OCH3 is 1. The van der Waals surface area contributed by atoms with Gasteiger partial charge in [0.05, 0.1) is 29.3 Å². The molecule has 30 heavy (non-hydrogen) atoms. The molecular formula is C21H19BrN4O3S. The fourth-order valence-electron chi connectivity index (χ4n) is 2.96. The Kier molecular flexibility index (Phi) is 6.31. The van der Waals surface area contributed by atoms with Crippen LogP contribution in [0.3, 0.4) is 0 Å². The minimum absolute atomic E-state index is 0.108. The van der Waals surface area contributed by atoms with Crippen LogP contribution in [0.1, 0.15) is 18.1 Å². The molecule has 0 bridgehead atoms. The first-order valence-corrected chi connectivity index (χ1v) is 11.0. The van der Waals surface area contributed by atoms with Gasteiger partial charge in [-0.15, -0.1) is 0 Å². The van der Waals surface area contributed by atoms with E-state index in [2.05, 4.69) is 26.1 Å². The van der Waals surface area contributed by atoms with Gasteiger partial charge in [0.2, 0.25) is 11.7 Å². The van der Waals surface area contributed by atoms with Gasteiger partial charge in [-0.2, -0.15) is 4.98 Å². The van der Waals surface area contributed by atoms with Gasteiger partial charge in [0.25, 0.3) is 5.56 Å². The van der Waals surface area contributed by atoms with Crippen LogP contribution in [0.5, 0.6) is 0 Å².